The van der Waals surface area contributed by atoms with Crippen LogP contribution in [0.3, 0.4) is 0 Å². The van der Waals surface area contributed by atoms with E-state index in [1.807, 2.05) is 44.7 Å². The van der Waals surface area contributed by atoms with Gasteiger partial charge in [-0.1, -0.05) is 13.8 Å². The first kappa shape index (κ1) is 25.1. The normalized spacial score (nSPS) is 15.3. The number of amides is 1. The van der Waals surface area contributed by atoms with Gasteiger partial charge in [0.15, 0.2) is 5.82 Å². The Labute approximate surface area is 207 Å². The van der Waals surface area contributed by atoms with E-state index in [1.165, 1.54) is 0 Å². The van der Waals surface area contributed by atoms with Crippen LogP contribution in [0.4, 0.5) is 10.6 Å². The molecule has 4 rings (SSSR count). The van der Waals surface area contributed by atoms with Crippen molar-refractivity contribution >= 4 is 33.8 Å². The molecule has 0 unspecified atom stereocenters. The summed E-state index contributed by atoms with van der Waals surface area (Å²) in [5, 5.41) is 1.04. The number of aromatic nitrogens is 3. The third-order valence-corrected chi connectivity index (χ3v) is 6.48. The number of aryl methyl sites for hydroxylation is 1. The average molecular weight is 482 g/mol. The highest BCUT2D eigenvalue weighted by Crippen LogP contribution is 2.31. The molecule has 35 heavy (non-hydrogen) atoms. The van der Waals surface area contributed by atoms with E-state index in [9.17, 15) is 4.79 Å². The molecule has 1 saturated heterocycles. The van der Waals surface area contributed by atoms with E-state index in [-0.39, 0.29) is 6.09 Å². The minimum Gasteiger partial charge on any atom is -0.494 e. The predicted octanol–water partition coefficient (Wildman–Crippen LogP) is 5.55. The fraction of sp³-hybridized carbons (Fsp3) is 0.593. The van der Waals surface area contributed by atoms with Crippen LogP contribution in [0, 0.1) is 18.8 Å². The van der Waals surface area contributed by atoms with Gasteiger partial charge in [0.1, 0.15) is 22.7 Å². The number of pyridine rings is 1. The van der Waals surface area contributed by atoms with Crippen LogP contribution in [-0.2, 0) is 11.3 Å². The number of carbonyl (C=O) groups excluding carboxylic acids is 1. The molecule has 1 aliphatic rings. The third-order valence-electron chi connectivity index (χ3n) is 6.48. The second kappa shape index (κ2) is 9.91. The molecule has 1 amide bonds. The Hall–Kier alpha value is -3.03. The molecule has 1 aliphatic heterocycles. The first-order valence-corrected chi connectivity index (χ1v) is 12.7. The van der Waals surface area contributed by atoms with Gasteiger partial charge in [0.05, 0.1) is 17.6 Å². The zero-order valence-electron chi connectivity index (χ0n) is 21.9. The number of nitrogen functional groups attached to an aromatic ring is 1. The van der Waals surface area contributed by atoms with Crippen LogP contribution in [0.15, 0.2) is 18.2 Å². The van der Waals surface area contributed by atoms with Crippen molar-refractivity contribution in [2.24, 2.45) is 11.8 Å². The number of nitrogens with zero attached hydrogens (tertiary/aromatic N) is 4. The van der Waals surface area contributed by atoms with E-state index in [0.717, 1.165) is 72.4 Å². The molecule has 0 bridgehead atoms. The van der Waals surface area contributed by atoms with Gasteiger partial charge in [-0.3, -0.25) is 0 Å². The van der Waals surface area contributed by atoms with E-state index in [0.29, 0.717) is 24.3 Å². The SMILES string of the molecule is Cc1nc2c(N)nc3cc(OCCC4CCN(C(=O)OC(C)(C)C)CC4)ccc3c2n1CC(C)C. The van der Waals surface area contributed by atoms with Gasteiger partial charge in [-0.15, -0.1) is 0 Å². The highest BCUT2D eigenvalue weighted by molar-refractivity contribution is 6.06. The number of hydrogen-bond donors (Lipinski definition) is 1. The Bertz CT molecular complexity index is 1200. The summed E-state index contributed by atoms with van der Waals surface area (Å²) in [6, 6.07) is 6.04. The number of anilines is 1. The van der Waals surface area contributed by atoms with Crippen molar-refractivity contribution in [3.63, 3.8) is 0 Å². The number of carbonyl (C=O) groups is 1. The van der Waals surface area contributed by atoms with Gasteiger partial charge < -0.3 is 24.7 Å². The Kier molecular flexibility index (Phi) is 7.10. The smallest absolute Gasteiger partial charge is 0.410 e. The number of benzene rings is 1. The van der Waals surface area contributed by atoms with Crippen LogP contribution >= 0.6 is 0 Å². The predicted molar refractivity (Wildman–Crippen MR) is 140 cm³/mol. The summed E-state index contributed by atoms with van der Waals surface area (Å²) in [5.41, 5.74) is 8.46. The zero-order chi connectivity index (χ0) is 25.3. The van der Waals surface area contributed by atoms with Crippen LogP contribution in [-0.4, -0.2) is 50.8 Å². The van der Waals surface area contributed by atoms with Crippen molar-refractivity contribution in [1.29, 1.82) is 0 Å². The summed E-state index contributed by atoms with van der Waals surface area (Å²) in [6.45, 7) is 15.1. The van der Waals surface area contributed by atoms with Gasteiger partial charge in [0, 0.05) is 31.1 Å². The van der Waals surface area contributed by atoms with Crippen molar-refractivity contribution in [3.05, 3.63) is 24.0 Å². The summed E-state index contributed by atoms with van der Waals surface area (Å²) in [7, 11) is 0. The van der Waals surface area contributed by atoms with Crippen LogP contribution in [0.2, 0.25) is 0 Å². The van der Waals surface area contributed by atoms with Crippen molar-refractivity contribution in [1.82, 2.24) is 19.4 Å². The topological polar surface area (TPSA) is 95.5 Å². The molecule has 1 fully saturated rings. The zero-order valence-corrected chi connectivity index (χ0v) is 21.9. The van der Waals surface area contributed by atoms with Crippen LogP contribution in [0.1, 0.15) is 59.7 Å². The number of rotatable bonds is 6. The van der Waals surface area contributed by atoms with Crippen LogP contribution in [0.25, 0.3) is 21.9 Å². The lowest BCUT2D eigenvalue weighted by molar-refractivity contribution is 0.0177. The monoisotopic (exact) mass is 481 g/mol. The molecule has 8 heteroatoms. The largest absolute Gasteiger partial charge is 0.494 e. The number of fused-ring (bicyclic) bond motifs is 3. The maximum Gasteiger partial charge on any atom is 0.410 e. The fourth-order valence-corrected chi connectivity index (χ4v) is 4.76. The number of imidazole rings is 1. The molecule has 1 aromatic carbocycles. The minimum absolute atomic E-state index is 0.214. The Morgan fingerprint density at radius 1 is 1.20 bits per heavy atom. The molecular weight excluding hydrogens is 442 g/mol. The van der Waals surface area contributed by atoms with E-state index in [2.05, 4.69) is 34.4 Å². The molecule has 2 aromatic heterocycles. The average Bonchev–Trinajstić information content (AvgIpc) is 3.09. The summed E-state index contributed by atoms with van der Waals surface area (Å²) in [6.07, 6.45) is 2.68. The summed E-state index contributed by atoms with van der Waals surface area (Å²) >= 11 is 0. The number of hydrogen-bond acceptors (Lipinski definition) is 6. The van der Waals surface area contributed by atoms with E-state index < -0.39 is 5.60 Å². The first-order valence-electron chi connectivity index (χ1n) is 12.7. The van der Waals surface area contributed by atoms with E-state index in [1.54, 1.807) is 0 Å². The maximum atomic E-state index is 12.3. The third kappa shape index (κ3) is 5.80. The lowest BCUT2D eigenvalue weighted by Crippen LogP contribution is -2.41. The molecule has 3 aromatic rings. The number of piperidine rings is 1. The standard InChI is InChI=1S/C27H39N5O3/c1-17(2)16-32-18(3)29-23-24(32)21-8-7-20(15-22(21)30-25(23)28)34-14-11-19-9-12-31(13-10-19)26(33)35-27(4,5)6/h7-8,15,17,19H,9-14,16H2,1-6H3,(H2,28,30). The highest BCUT2D eigenvalue weighted by Gasteiger charge is 2.26. The Morgan fingerprint density at radius 2 is 1.91 bits per heavy atom. The molecule has 0 saturated carbocycles. The number of ether oxygens (including phenoxy) is 2. The molecular formula is C27H39N5O3. The molecule has 3 heterocycles. The molecule has 0 spiro atoms. The fourth-order valence-electron chi connectivity index (χ4n) is 4.76. The van der Waals surface area contributed by atoms with Crippen molar-refractivity contribution in [3.8, 4) is 5.75 Å². The summed E-state index contributed by atoms with van der Waals surface area (Å²) < 4.78 is 13.8. The minimum atomic E-state index is -0.459. The van der Waals surface area contributed by atoms with Gasteiger partial charge in [-0.2, -0.15) is 0 Å². The number of nitrogens with two attached hydrogens (primary N) is 1. The molecule has 0 aliphatic carbocycles. The Morgan fingerprint density at radius 3 is 2.57 bits per heavy atom. The molecule has 8 nitrogen and oxygen atoms in total. The van der Waals surface area contributed by atoms with Crippen molar-refractivity contribution < 1.29 is 14.3 Å². The second-order valence-electron chi connectivity index (χ2n) is 11.1. The van der Waals surface area contributed by atoms with Gasteiger partial charge in [0.2, 0.25) is 0 Å². The van der Waals surface area contributed by atoms with Crippen molar-refractivity contribution in [2.75, 3.05) is 25.4 Å². The number of likely N-dealkylation sites (tertiary alicyclic amines) is 1. The molecule has 0 radical (unpaired) electrons. The van der Waals surface area contributed by atoms with Gasteiger partial charge >= 0.3 is 6.09 Å². The lowest BCUT2D eigenvalue weighted by Gasteiger charge is -2.33. The summed E-state index contributed by atoms with van der Waals surface area (Å²) in [5.74, 6) is 3.23. The summed E-state index contributed by atoms with van der Waals surface area (Å²) in [4.78, 5) is 23.4. The van der Waals surface area contributed by atoms with Crippen LogP contribution in [0.5, 0.6) is 5.75 Å². The van der Waals surface area contributed by atoms with Crippen LogP contribution < -0.4 is 10.5 Å². The van der Waals surface area contributed by atoms with Gasteiger partial charge in [0.25, 0.3) is 0 Å². The maximum absolute atomic E-state index is 12.3. The van der Waals surface area contributed by atoms with E-state index in [4.69, 9.17) is 15.2 Å². The Balaban J connectivity index is 1.38. The van der Waals surface area contributed by atoms with Gasteiger partial charge in [-0.05, 0) is 70.9 Å². The molecule has 190 valence electrons. The highest BCUT2D eigenvalue weighted by atomic mass is 16.6. The molecule has 2 N–H and O–H groups in total. The van der Waals surface area contributed by atoms with E-state index >= 15 is 0 Å². The van der Waals surface area contributed by atoms with Crippen molar-refractivity contribution in [2.45, 2.75) is 73.0 Å². The first-order chi connectivity index (χ1) is 16.5. The molecule has 0 atom stereocenters. The second-order valence-corrected chi connectivity index (χ2v) is 11.1. The quantitative estimate of drug-likeness (QED) is 0.496. The lowest BCUT2D eigenvalue weighted by atomic mass is 9.94. The van der Waals surface area contributed by atoms with Gasteiger partial charge in [-0.25, -0.2) is 14.8 Å².